The van der Waals surface area contributed by atoms with Crippen LogP contribution in [0.2, 0.25) is 0 Å². The first-order valence-electron chi connectivity index (χ1n) is 6.98. The van der Waals surface area contributed by atoms with Crippen molar-refractivity contribution >= 4 is 11.7 Å². The van der Waals surface area contributed by atoms with Gasteiger partial charge in [-0.25, -0.2) is 4.98 Å². The Hall–Kier alpha value is -1.62. The van der Waals surface area contributed by atoms with Gasteiger partial charge in [0.05, 0.1) is 12.6 Å². The van der Waals surface area contributed by atoms with Crippen molar-refractivity contribution in [2.45, 2.75) is 33.2 Å². The quantitative estimate of drug-likeness (QED) is 0.832. The molecule has 1 N–H and O–H groups in total. The summed E-state index contributed by atoms with van der Waals surface area (Å²) in [4.78, 5) is 18.5. The summed E-state index contributed by atoms with van der Waals surface area (Å²) in [6, 6.07) is 3.66. The maximum atomic E-state index is 12.5. The molecule has 0 saturated carbocycles. The van der Waals surface area contributed by atoms with Crippen LogP contribution in [0.25, 0.3) is 0 Å². The van der Waals surface area contributed by atoms with Crippen molar-refractivity contribution in [1.29, 1.82) is 0 Å². The first kappa shape index (κ1) is 16.4. The standard InChI is InChI=1S/C15H25N3O2/c1-6-7-16-14-9-13(8-11(2)17-14)15(19)18(4)12(3)10-20-5/h8-9,12H,6-7,10H2,1-5H3,(H,16,17). The normalized spacial score (nSPS) is 12.1. The highest BCUT2D eigenvalue weighted by atomic mass is 16.5. The number of pyridine rings is 1. The van der Waals surface area contributed by atoms with Crippen molar-refractivity contribution in [2.75, 3.05) is 32.6 Å². The molecule has 1 aromatic heterocycles. The number of rotatable bonds is 7. The molecule has 0 radical (unpaired) electrons. The van der Waals surface area contributed by atoms with E-state index in [4.69, 9.17) is 4.74 Å². The summed E-state index contributed by atoms with van der Waals surface area (Å²) in [5.74, 6) is 0.739. The lowest BCUT2D eigenvalue weighted by Crippen LogP contribution is -2.37. The van der Waals surface area contributed by atoms with Crippen molar-refractivity contribution in [2.24, 2.45) is 0 Å². The fourth-order valence-corrected chi connectivity index (χ4v) is 1.89. The number of hydrogen-bond donors (Lipinski definition) is 1. The summed E-state index contributed by atoms with van der Waals surface area (Å²) in [5.41, 5.74) is 1.49. The lowest BCUT2D eigenvalue weighted by Gasteiger charge is -2.24. The van der Waals surface area contributed by atoms with E-state index in [9.17, 15) is 4.79 Å². The molecule has 0 aromatic carbocycles. The number of anilines is 1. The maximum Gasteiger partial charge on any atom is 0.254 e. The fourth-order valence-electron chi connectivity index (χ4n) is 1.89. The summed E-state index contributed by atoms with van der Waals surface area (Å²) >= 11 is 0. The van der Waals surface area contributed by atoms with E-state index in [0.717, 1.165) is 24.5 Å². The molecule has 1 amide bonds. The van der Waals surface area contributed by atoms with Crippen LogP contribution in [0.4, 0.5) is 5.82 Å². The van der Waals surface area contributed by atoms with Crippen LogP contribution in [-0.2, 0) is 4.74 Å². The zero-order chi connectivity index (χ0) is 15.1. The molecule has 0 aliphatic rings. The second-order valence-corrected chi connectivity index (χ2v) is 5.03. The predicted molar refractivity (Wildman–Crippen MR) is 81.2 cm³/mol. The first-order chi connectivity index (χ1) is 9.49. The highest BCUT2D eigenvalue weighted by Gasteiger charge is 2.18. The Kier molecular flexibility index (Phi) is 6.45. The van der Waals surface area contributed by atoms with Crippen molar-refractivity contribution in [1.82, 2.24) is 9.88 Å². The molecule has 1 aromatic rings. The number of aromatic nitrogens is 1. The molecule has 1 atom stereocenters. The van der Waals surface area contributed by atoms with Gasteiger partial charge in [-0.1, -0.05) is 6.92 Å². The average Bonchev–Trinajstić information content (AvgIpc) is 2.43. The van der Waals surface area contributed by atoms with Gasteiger partial charge < -0.3 is 15.0 Å². The Balaban J connectivity index is 2.89. The molecule has 0 bridgehead atoms. The third-order valence-electron chi connectivity index (χ3n) is 3.15. The number of nitrogens with zero attached hydrogens (tertiary/aromatic N) is 2. The lowest BCUT2D eigenvalue weighted by molar-refractivity contribution is 0.0633. The Morgan fingerprint density at radius 2 is 2.20 bits per heavy atom. The van der Waals surface area contributed by atoms with E-state index < -0.39 is 0 Å². The summed E-state index contributed by atoms with van der Waals surface area (Å²) < 4.78 is 5.09. The highest BCUT2D eigenvalue weighted by Crippen LogP contribution is 2.13. The van der Waals surface area contributed by atoms with Crippen LogP contribution in [0.1, 0.15) is 36.3 Å². The molecular weight excluding hydrogens is 254 g/mol. The smallest absolute Gasteiger partial charge is 0.254 e. The van der Waals surface area contributed by atoms with Crippen LogP contribution in [0, 0.1) is 6.92 Å². The number of methoxy groups -OCH3 is 1. The van der Waals surface area contributed by atoms with Crippen molar-refractivity contribution in [3.8, 4) is 0 Å². The topological polar surface area (TPSA) is 54.5 Å². The zero-order valence-electron chi connectivity index (χ0n) is 13.1. The van der Waals surface area contributed by atoms with E-state index in [1.807, 2.05) is 19.9 Å². The van der Waals surface area contributed by atoms with Gasteiger partial charge in [0.1, 0.15) is 5.82 Å². The molecule has 0 saturated heterocycles. The van der Waals surface area contributed by atoms with Crippen molar-refractivity contribution in [3.05, 3.63) is 23.4 Å². The van der Waals surface area contributed by atoms with Gasteiger partial charge in [0.25, 0.3) is 5.91 Å². The maximum absolute atomic E-state index is 12.5. The van der Waals surface area contributed by atoms with E-state index in [1.165, 1.54) is 0 Å². The third-order valence-corrected chi connectivity index (χ3v) is 3.15. The second-order valence-electron chi connectivity index (χ2n) is 5.03. The molecule has 1 rings (SSSR count). The number of aryl methyl sites for hydroxylation is 1. The van der Waals surface area contributed by atoms with Crippen LogP contribution in [0.5, 0.6) is 0 Å². The summed E-state index contributed by atoms with van der Waals surface area (Å²) in [7, 11) is 3.43. The highest BCUT2D eigenvalue weighted by molar-refractivity contribution is 5.95. The van der Waals surface area contributed by atoms with Crippen LogP contribution in [0.15, 0.2) is 12.1 Å². The van der Waals surface area contributed by atoms with Crippen LogP contribution >= 0.6 is 0 Å². The first-order valence-corrected chi connectivity index (χ1v) is 6.98. The Bertz CT molecular complexity index is 449. The minimum absolute atomic E-state index is 0.0143. The van der Waals surface area contributed by atoms with Gasteiger partial charge in [-0.05, 0) is 32.4 Å². The molecule has 1 heterocycles. The summed E-state index contributed by atoms with van der Waals surface area (Å²) in [5, 5.41) is 3.22. The van der Waals surface area contributed by atoms with Gasteiger partial charge >= 0.3 is 0 Å². The van der Waals surface area contributed by atoms with Gasteiger partial charge in [-0.2, -0.15) is 0 Å². The SMILES string of the molecule is CCCNc1cc(C(=O)N(C)C(C)COC)cc(C)n1. The van der Waals surface area contributed by atoms with E-state index in [2.05, 4.69) is 17.2 Å². The summed E-state index contributed by atoms with van der Waals surface area (Å²) in [6.07, 6.45) is 1.02. The number of nitrogens with one attached hydrogen (secondary N) is 1. The molecule has 0 aliphatic carbocycles. The molecule has 5 nitrogen and oxygen atoms in total. The van der Waals surface area contributed by atoms with E-state index >= 15 is 0 Å². The van der Waals surface area contributed by atoms with Crippen molar-refractivity contribution in [3.63, 3.8) is 0 Å². The second kappa shape index (κ2) is 7.85. The molecule has 1 unspecified atom stereocenters. The van der Waals surface area contributed by atoms with Gasteiger partial charge in [0.15, 0.2) is 0 Å². The number of ether oxygens (including phenoxy) is 1. The van der Waals surface area contributed by atoms with E-state index in [0.29, 0.717) is 12.2 Å². The minimum atomic E-state index is -0.0143. The molecule has 0 fully saturated rings. The average molecular weight is 279 g/mol. The molecule has 20 heavy (non-hydrogen) atoms. The number of carbonyl (C=O) groups excluding carboxylic acids is 1. The zero-order valence-corrected chi connectivity index (χ0v) is 13.1. The Morgan fingerprint density at radius 1 is 1.50 bits per heavy atom. The Labute approximate surface area is 121 Å². The van der Waals surface area contributed by atoms with Crippen LogP contribution in [-0.4, -0.2) is 49.1 Å². The number of amides is 1. The van der Waals surface area contributed by atoms with Crippen molar-refractivity contribution < 1.29 is 9.53 Å². The van der Waals surface area contributed by atoms with E-state index in [1.54, 1.807) is 25.1 Å². The lowest BCUT2D eigenvalue weighted by atomic mass is 10.1. The van der Waals surface area contributed by atoms with Crippen LogP contribution < -0.4 is 5.32 Å². The fraction of sp³-hybridized carbons (Fsp3) is 0.600. The Morgan fingerprint density at radius 3 is 2.80 bits per heavy atom. The number of likely N-dealkylation sites (N-methyl/N-ethyl adjacent to an activating group) is 1. The van der Waals surface area contributed by atoms with Crippen LogP contribution in [0.3, 0.4) is 0 Å². The van der Waals surface area contributed by atoms with Gasteiger partial charge in [0, 0.05) is 32.0 Å². The summed E-state index contributed by atoms with van der Waals surface area (Å²) in [6.45, 7) is 7.32. The largest absolute Gasteiger partial charge is 0.383 e. The molecule has 5 heteroatoms. The van der Waals surface area contributed by atoms with Gasteiger partial charge in [0.2, 0.25) is 0 Å². The van der Waals surface area contributed by atoms with Gasteiger partial charge in [-0.3, -0.25) is 4.79 Å². The third kappa shape index (κ3) is 4.49. The van der Waals surface area contributed by atoms with E-state index in [-0.39, 0.29) is 11.9 Å². The number of carbonyl (C=O) groups is 1. The monoisotopic (exact) mass is 279 g/mol. The molecule has 0 spiro atoms. The molecule has 0 aliphatic heterocycles. The predicted octanol–water partition coefficient (Wildman–Crippen LogP) is 2.32. The molecular formula is C15H25N3O2. The van der Waals surface area contributed by atoms with Gasteiger partial charge in [-0.15, -0.1) is 0 Å². The number of hydrogen-bond acceptors (Lipinski definition) is 4. The molecule has 112 valence electrons. The minimum Gasteiger partial charge on any atom is -0.383 e.